The zero-order chi connectivity index (χ0) is 19.8. The van der Waals surface area contributed by atoms with Gasteiger partial charge >= 0.3 is 5.97 Å². The molecule has 4 rings (SSSR count). The molecule has 0 aliphatic carbocycles. The second-order valence-corrected chi connectivity index (χ2v) is 8.11. The average molecular weight is 377 g/mol. The highest BCUT2D eigenvalue weighted by Gasteiger charge is 2.49. The number of fused-ring (bicyclic) bond motifs is 2. The van der Waals surface area contributed by atoms with E-state index in [4.69, 9.17) is 4.74 Å². The first-order valence-corrected chi connectivity index (χ1v) is 10.0. The van der Waals surface area contributed by atoms with E-state index in [1.165, 1.54) is 12.7 Å². The molecule has 0 radical (unpaired) electrons. The second-order valence-electron chi connectivity index (χ2n) is 8.11. The van der Waals surface area contributed by atoms with Crippen LogP contribution < -0.4 is 0 Å². The smallest absolute Gasteiger partial charge is 0.310 e. The fourth-order valence-electron chi connectivity index (χ4n) is 5.11. The fraction of sp³-hybridized carbons (Fsp3) is 0.417. The lowest BCUT2D eigenvalue weighted by molar-refractivity contribution is -0.150. The molecule has 4 atom stereocenters. The summed E-state index contributed by atoms with van der Waals surface area (Å²) >= 11 is 0. The maximum absolute atomic E-state index is 12.6. The third-order valence-corrected chi connectivity index (χ3v) is 6.68. The Labute approximate surface area is 166 Å². The number of methoxy groups -OCH3 is 1. The Kier molecular flexibility index (Phi) is 5.07. The summed E-state index contributed by atoms with van der Waals surface area (Å²) in [5, 5.41) is 0. The van der Waals surface area contributed by atoms with Crippen LogP contribution >= 0.6 is 0 Å². The van der Waals surface area contributed by atoms with Crippen molar-refractivity contribution >= 4 is 11.8 Å². The molecule has 2 saturated heterocycles. The number of rotatable bonds is 4. The predicted molar refractivity (Wildman–Crippen MR) is 109 cm³/mol. The molecule has 4 heteroatoms. The number of ketones is 1. The van der Waals surface area contributed by atoms with Crippen molar-refractivity contribution < 1.29 is 14.3 Å². The number of ether oxygens (including phenoxy) is 1. The van der Waals surface area contributed by atoms with Crippen LogP contribution in [0.2, 0.25) is 0 Å². The van der Waals surface area contributed by atoms with Crippen LogP contribution in [-0.2, 0) is 9.53 Å². The molecule has 2 aliphatic rings. The number of Topliss-reactive ketones (excluding diaryl/α,β-unsaturated/α-hetero) is 1. The maximum atomic E-state index is 12.6. The Morgan fingerprint density at radius 1 is 1.04 bits per heavy atom. The quantitative estimate of drug-likeness (QED) is 0.589. The van der Waals surface area contributed by atoms with Gasteiger partial charge in [-0.3, -0.25) is 14.5 Å². The van der Waals surface area contributed by atoms with Gasteiger partial charge in [-0.2, -0.15) is 0 Å². The van der Waals surface area contributed by atoms with Crippen molar-refractivity contribution in [2.24, 2.45) is 5.92 Å². The molecule has 2 aromatic carbocycles. The lowest BCUT2D eigenvalue weighted by Crippen LogP contribution is -2.49. The van der Waals surface area contributed by atoms with Gasteiger partial charge in [0.25, 0.3) is 0 Å². The molecule has 0 N–H and O–H groups in total. The van der Waals surface area contributed by atoms with Crippen molar-refractivity contribution in [2.45, 2.75) is 44.2 Å². The van der Waals surface area contributed by atoms with Gasteiger partial charge in [-0.1, -0.05) is 42.5 Å². The van der Waals surface area contributed by atoms with Crippen molar-refractivity contribution in [3.05, 3.63) is 59.7 Å². The molecule has 2 fully saturated rings. The van der Waals surface area contributed by atoms with Gasteiger partial charge in [-0.05, 0) is 56.0 Å². The molecule has 2 aromatic rings. The van der Waals surface area contributed by atoms with Gasteiger partial charge in [0, 0.05) is 23.6 Å². The lowest BCUT2D eigenvalue weighted by Gasteiger charge is -2.41. The predicted octanol–water partition coefficient (Wildman–Crippen LogP) is 4.30. The van der Waals surface area contributed by atoms with Crippen molar-refractivity contribution in [2.75, 3.05) is 14.2 Å². The summed E-state index contributed by atoms with van der Waals surface area (Å²) in [5.74, 6) is 0.0565. The third-order valence-electron chi connectivity index (χ3n) is 6.68. The number of carbonyl (C=O) groups excluding carboxylic acids is 2. The van der Waals surface area contributed by atoms with Crippen LogP contribution in [-0.4, -0.2) is 42.9 Å². The van der Waals surface area contributed by atoms with Crippen molar-refractivity contribution in [1.82, 2.24) is 4.90 Å². The van der Waals surface area contributed by atoms with Crippen molar-refractivity contribution in [3.63, 3.8) is 0 Å². The SMILES string of the molecule is COC(=O)C1C(c2ccc(-c3cccc(C(C)=O)c3)cc2)CC2CCC1N2C. The number of hydrogen-bond donors (Lipinski definition) is 0. The summed E-state index contributed by atoms with van der Waals surface area (Å²) < 4.78 is 5.17. The highest BCUT2D eigenvalue weighted by Crippen LogP contribution is 2.46. The van der Waals surface area contributed by atoms with Crippen molar-refractivity contribution in [1.29, 1.82) is 0 Å². The Balaban J connectivity index is 1.63. The molecule has 0 amide bonds. The molecule has 146 valence electrons. The third kappa shape index (κ3) is 3.26. The molecule has 0 spiro atoms. The van der Waals surface area contributed by atoms with Gasteiger partial charge in [-0.25, -0.2) is 0 Å². The Hall–Kier alpha value is -2.46. The minimum atomic E-state index is -0.111. The molecule has 2 heterocycles. The summed E-state index contributed by atoms with van der Waals surface area (Å²) in [6.07, 6.45) is 3.21. The van der Waals surface area contributed by atoms with E-state index in [1.54, 1.807) is 6.92 Å². The average Bonchev–Trinajstić information content (AvgIpc) is 2.95. The highest BCUT2D eigenvalue weighted by molar-refractivity contribution is 5.95. The number of carbonyl (C=O) groups is 2. The Morgan fingerprint density at radius 2 is 1.79 bits per heavy atom. The second kappa shape index (κ2) is 7.51. The fourth-order valence-corrected chi connectivity index (χ4v) is 5.11. The molecule has 0 aromatic heterocycles. The van der Waals surface area contributed by atoms with E-state index < -0.39 is 0 Å². The largest absolute Gasteiger partial charge is 0.469 e. The van der Waals surface area contributed by atoms with Gasteiger partial charge < -0.3 is 4.74 Å². The van der Waals surface area contributed by atoms with Gasteiger partial charge in [0.1, 0.15) is 0 Å². The monoisotopic (exact) mass is 377 g/mol. The minimum Gasteiger partial charge on any atom is -0.469 e. The van der Waals surface area contributed by atoms with Crippen LogP contribution in [0.15, 0.2) is 48.5 Å². The van der Waals surface area contributed by atoms with Crippen LogP contribution in [0.1, 0.15) is 48.0 Å². The van der Waals surface area contributed by atoms with Crippen LogP contribution in [0.5, 0.6) is 0 Å². The Morgan fingerprint density at radius 3 is 2.46 bits per heavy atom. The summed E-state index contributed by atoms with van der Waals surface area (Å²) in [4.78, 5) is 26.6. The number of nitrogens with zero attached hydrogens (tertiary/aromatic N) is 1. The Bertz CT molecular complexity index is 889. The molecule has 2 aliphatic heterocycles. The van der Waals surface area contributed by atoms with Crippen LogP contribution in [0.3, 0.4) is 0 Å². The molecule has 2 bridgehead atoms. The summed E-state index contributed by atoms with van der Waals surface area (Å²) in [6.45, 7) is 1.59. The molecule has 4 unspecified atom stereocenters. The van der Waals surface area contributed by atoms with E-state index >= 15 is 0 Å². The topological polar surface area (TPSA) is 46.6 Å². The first-order chi connectivity index (χ1) is 13.5. The van der Waals surface area contributed by atoms with E-state index in [9.17, 15) is 9.59 Å². The summed E-state index contributed by atoms with van der Waals surface area (Å²) in [7, 11) is 3.63. The first kappa shape index (κ1) is 18.9. The van der Waals surface area contributed by atoms with Gasteiger partial charge in [0.2, 0.25) is 0 Å². The zero-order valence-electron chi connectivity index (χ0n) is 16.7. The van der Waals surface area contributed by atoms with Gasteiger partial charge in [-0.15, -0.1) is 0 Å². The van der Waals surface area contributed by atoms with E-state index in [1.807, 2.05) is 24.3 Å². The molecule has 28 heavy (non-hydrogen) atoms. The van der Waals surface area contributed by atoms with E-state index in [0.29, 0.717) is 6.04 Å². The zero-order valence-corrected chi connectivity index (χ0v) is 16.7. The number of piperidine rings is 1. The summed E-state index contributed by atoms with van der Waals surface area (Å²) in [6, 6.07) is 17.0. The number of benzene rings is 2. The minimum absolute atomic E-state index is 0.0705. The van der Waals surface area contributed by atoms with Crippen LogP contribution in [0.4, 0.5) is 0 Å². The normalized spacial score (nSPS) is 26.8. The van der Waals surface area contributed by atoms with Crippen molar-refractivity contribution in [3.8, 4) is 11.1 Å². The van der Waals surface area contributed by atoms with E-state index in [2.05, 4.69) is 36.2 Å². The summed E-state index contributed by atoms with van der Waals surface area (Å²) in [5.41, 5.74) is 4.04. The van der Waals surface area contributed by atoms with Crippen LogP contribution in [0, 0.1) is 5.92 Å². The molecule has 0 saturated carbocycles. The molecular formula is C24H27NO3. The van der Waals surface area contributed by atoms with Gasteiger partial charge in [0.15, 0.2) is 5.78 Å². The molecule has 4 nitrogen and oxygen atoms in total. The van der Waals surface area contributed by atoms with Crippen LogP contribution in [0.25, 0.3) is 11.1 Å². The van der Waals surface area contributed by atoms with Gasteiger partial charge in [0.05, 0.1) is 13.0 Å². The van der Waals surface area contributed by atoms with E-state index in [-0.39, 0.29) is 29.6 Å². The standard InChI is InChI=1S/C24H27NO3/c1-15(26)18-5-4-6-19(13-18)16-7-9-17(10-8-16)21-14-20-11-12-22(25(20)2)23(21)24(27)28-3/h4-10,13,20-23H,11-12,14H2,1-3H3. The first-order valence-electron chi connectivity index (χ1n) is 10.0. The highest BCUT2D eigenvalue weighted by atomic mass is 16.5. The maximum Gasteiger partial charge on any atom is 0.310 e. The lowest BCUT2D eigenvalue weighted by atomic mass is 9.76. The number of esters is 1. The molecular weight excluding hydrogens is 350 g/mol. The van der Waals surface area contributed by atoms with E-state index in [0.717, 1.165) is 36.0 Å². The number of hydrogen-bond acceptors (Lipinski definition) is 4.